The number of ether oxygens (including phenoxy) is 1. The third-order valence-corrected chi connectivity index (χ3v) is 1.57. The molecule has 6 heteroatoms. The van der Waals surface area contributed by atoms with Gasteiger partial charge >= 0.3 is 5.97 Å². The second kappa shape index (κ2) is 4.40. The van der Waals surface area contributed by atoms with Crippen LogP contribution in [0, 0.1) is 6.92 Å². The molecular formula is C8H10N2O4. The Morgan fingerprint density at radius 2 is 2.36 bits per heavy atom. The molecule has 0 spiro atoms. The Morgan fingerprint density at radius 1 is 1.64 bits per heavy atom. The lowest BCUT2D eigenvalue weighted by molar-refractivity contribution is -0.139. The fourth-order valence-electron chi connectivity index (χ4n) is 0.825. The molecule has 6 nitrogen and oxygen atoms in total. The van der Waals surface area contributed by atoms with Crippen LogP contribution in [-0.4, -0.2) is 30.5 Å². The van der Waals surface area contributed by atoms with E-state index >= 15 is 0 Å². The van der Waals surface area contributed by atoms with Gasteiger partial charge in [-0.1, -0.05) is 0 Å². The molecule has 0 aliphatic rings. The Labute approximate surface area is 80.3 Å². The van der Waals surface area contributed by atoms with Crippen LogP contribution in [0.2, 0.25) is 0 Å². The minimum Gasteiger partial charge on any atom is -0.468 e. The van der Waals surface area contributed by atoms with Crippen molar-refractivity contribution in [1.82, 2.24) is 10.3 Å². The summed E-state index contributed by atoms with van der Waals surface area (Å²) in [7, 11) is 1.24. The molecule has 0 fully saturated rings. The molecule has 1 aromatic rings. The van der Waals surface area contributed by atoms with E-state index in [9.17, 15) is 9.59 Å². The number of oxazole rings is 1. The molecule has 0 saturated heterocycles. The lowest BCUT2D eigenvalue weighted by Gasteiger charge is -2.00. The number of hydrogen-bond acceptors (Lipinski definition) is 5. The molecular weight excluding hydrogens is 188 g/mol. The number of amides is 1. The molecule has 0 bridgehead atoms. The minimum absolute atomic E-state index is 0.105. The van der Waals surface area contributed by atoms with E-state index in [1.165, 1.54) is 13.5 Å². The van der Waals surface area contributed by atoms with Gasteiger partial charge in [0.2, 0.25) is 5.76 Å². The zero-order valence-corrected chi connectivity index (χ0v) is 7.86. The number of nitrogens with zero attached hydrogens (tertiary/aromatic N) is 1. The highest BCUT2D eigenvalue weighted by Gasteiger charge is 2.14. The Morgan fingerprint density at radius 3 is 2.86 bits per heavy atom. The summed E-state index contributed by atoms with van der Waals surface area (Å²) in [6.07, 6.45) is 1.17. The van der Waals surface area contributed by atoms with E-state index in [2.05, 4.69) is 15.0 Å². The second-order valence-corrected chi connectivity index (χ2v) is 2.53. The molecule has 1 rings (SSSR count). The van der Waals surface area contributed by atoms with Crippen molar-refractivity contribution < 1.29 is 18.7 Å². The summed E-state index contributed by atoms with van der Waals surface area (Å²) >= 11 is 0. The summed E-state index contributed by atoms with van der Waals surface area (Å²) in [6.45, 7) is 1.45. The Bertz CT molecular complexity index is 345. The summed E-state index contributed by atoms with van der Waals surface area (Å²) in [6, 6.07) is 0. The first kappa shape index (κ1) is 10.2. The molecule has 1 amide bonds. The van der Waals surface area contributed by atoms with Gasteiger partial charge in [-0.15, -0.1) is 0 Å². The van der Waals surface area contributed by atoms with Gasteiger partial charge in [0.05, 0.1) is 12.8 Å². The molecule has 1 heterocycles. The van der Waals surface area contributed by atoms with Gasteiger partial charge in [0.1, 0.15) is 6.54 Å². The third-order valence-electron chi connectivity index (χ3n) is 1.57. The number of methoxy groups -OCH3 is 1. The first-order valence-corrected chi connectivity index (χ1v) is 3.90. The van der Waals surface area contributed by atoms with Crippen molar-refractivity contribution in [3.63, 3.8) is 0 Å². The Hall–Kier alpha value is -1.85. The van der Waals surface area contributed by atoms with Crippen LogP contribution in [0.15, 0.2) is 10.8 Å². The van der Waals surface area contributed by atoms with E-state index in [-0.39, 0.29) is 12.3 Å². The largest absolute Gasteiger partial charge is 0.468 e. The van der Waals surface area contributed by atoms with Crippen molar-refractivity contribution >= 4 is 11.9 Å². The molecule has 0 aromatic carbocycles. The van der Waals surface area contributed by atoms with Crippen molar-refractivity contribution in [2.45, 2.75) is 6.92 Å². The fourth-order valence-corrected chi connectivity index (χ4v) is 0.825. The summed E-state index contributed by atoms with van der Waals surface area (Å²) in [5.74, 6) is -0.894. The number of rotatable bonds is 3. The highest BCUT2D eigenvalue weighted by molar-refractivity contribution is 5.94. The summed E-state index contributed by atoms with van der Waals surface area (Å²) in [5, 5.41) is 2.33. The van der Waals surface area contributed by atoms with Crippen molar-refractivity contribution in [2.24, 2.45) is 0 Å². The van der Waals surface area contributed by atoms with E-state index in [0.29, 0.717) is 5.69 Å². The van der Waals surface area contributed by atoms with Gasteiger partial charge in [0, 0.05) is 0 Å². The van der Waals surface area contributed by atoms with Crippen LogP contribution < -0.4 is 5.32 Å². The lowest BCUT2D eigenvalue weighted by Crippen LogP contribution is -2.30. The highest BCUT2D eigenvalue weighted by Crippen LogP contribution is 2.03. The highest BCUT2D eigenvalue weighted by atomic mass is 16.5. The van der Waals surface area contributed by atoms with Gasteiger partial charge in [-0.25, -0.2) is 4.98 Å². The molecule has 14 heavy (non-hydrogen) atoms. The van der Waals surface area contributed by atoms with Crippen LogP contribution in [0.3, 0.4) is 0 Å². The van der Waals surface area contributed by atoms with E-state index in [1.54, 1.807) is 6.92 Å². The van der Waals surface area contributed by atoms with Gasteiger partial charge in [0.15, 0.2) is 6.39 Å². The van der Waals surface area contributed by atoms with Gasteiger partial charge < -0.3 is 14.5 Å². The number of hydrogen-bond donors (Lipinski definition) is 1. The van der Waals surface area contributed by atoms with E-state index in [1.807, 2.05) is 0 Å². The lowest BCUT2D eigenvalue weighted by atomic mass is 10.3. The Kier molecular flexibility index (Phi) is 3.22. The van der Waals surface area contributed by atoms with Crippen molar-refractivity contribution in [3.05, 3.63) is 17.8 Å². The number of esters is 1. The van der Waals surface area contributed by atoms with Crippen molar-refractivity contribution in [2.75, 3.05) is 13.7 Å². The number of aromatic nitrogens is 1. The van der Waals surface area contributed by atoms with Crippen molar-refractivity contribution in [3.8, 4) is 0 Å². The molecule has 0 unspecified atom stereocenters. The minimum atomic E-state index is -0.518. The first-order valence-electron chi connectivity index (χ1n) is 3.90. The van der Waals surface area contributed by atoms with Gasteiger partial charge in [-0.2, -0.15) is 0 Å². The molecule has 1 aromatic heterocycles. The topological polar surface area (TPSA) is 81.4 Å². The second-order valence-electron chi connectivity index (χ2n) is 2.53. The molecule has 0 radical (unpaired) electrons. The molecule has 0 saturated carbocycles. The molecule has 1 N–H and O–H groups in total. The summed E-state index contributed by atoms with van der Waals surface area (Å²) in [5.41, 5.74) is 0.479. The molecule has 0 aliphatic carbocycles. The average Bonchev–Trinajstić information content (AvgIpc) is 2.60. The predicted molar refractivity (Wildman–Crippen MR) is 45.6 cm³/mol. The van der Waals surface area contributed by atoms with Gasteiger partial charge in [-0.3, -0.25) is 9.59 Å². The number of carbonyl (C=O) groups is 2. The normalized spacial score (nSPS) is 9.57. The maximum atomic E-state index is 11.3. The molecule has 0 atom stereocenters. The van der Waals surface area contributed by atoms with Gasteiger partial charge in [0.25, 0.3) is 5.91 Å². The zero-order chi connectivity index (χ0) is 10.6. The maximum Gasteiger partial charge on any atom is 0.325 e. The standard InChI is InChI=1S/C8H10N2O4/c1-5-7(14-4-10-5)8(12)9-3-6(11)13-2/h4H,3H2,1-2H3,(H,9,12). The smallest absolute Gasteiger partial charge is 0.325 e. The average molecular weight is 198 g/mol. The molecule has 76 valence electrons. The monoisotopic (exact) mass is 198 g/mol. The van der Waals surface area contributed by atoms with Crippen LogP contribution >= 0.6 is 0 Å². The SMILES string of the molecule is COC(=O)CNC(=O)c1ocnc1C. The summed E-state index contributed by atoms with van der Waals surface area (Å²) in [4.78, 5) is 25.7. The fraction of sp³-hybridized carbons (Fsp3) is 0.375. The van der Waals surface area contributed by atoms with Crippen LogP contribution in [0.25, 0.3) is 0 Å². The van der Waals surface area contributed by atoms with E-state index < -0.39 is 11.9 Å². The van der Waals surface area contributed by atoms with E-state index in [0.717, 1.165) is 0 Å². The van der Waals surface area contributed by atoms with Crippen LogP contribution in [0.4, 0.5) is 0 Å². The van der Waals surface area contributed by atoms with E-state index in [4.69, 9.17) is 4.42 Å². The Balaban J connectivity index is 2.52. The summed E-state index contributed by atoms with van der Waals surface area (Å²) < 4.78 is 9.17. The van der Waals surface area contributed by atoms with Crippen LogP contribution in [0.1, 0.15) is 16.2 Å². The number of nitrogens with one attached hydrogen (secondary N) is 1. The molecule has 0 aliphatic heterocycles. The maximum absolute atomic E-state index is 11.3. The third kappa shape index (κ3) is 2.32. The number of aryl methyl sites for hydroxylation is 1. The van der Waals surface area contributed by atoms with Crippen LogP contribution in [0.5, 0.6) is 0 Å². The predicted octanol–water partition coefficient (Wildman–Crippen LogP) is -0.114. The first-order chi connectivity index (χ1) is 6.65. The zero-order valence-electron chi connectivity index (χ0n) is 7.86. The van der Waals surface area contributed by atoms with Gasteiger partial charge in [-0.05, 0) is 6.92 Å². The van der Waals surface area contributed by atoms with Crippen molar-refractivity contribution in [1.29, 1.82) is 0 Å². The quantitative estimate of drug-likeness (QED) is 0.685. The van der Waals surface area contributed by atoms with Crippen LogP contribution in [-0.2, 0) is 9.53 Å². The number of carbonyl (C=O) groups excluding carboxylic acids is 2.